The number of nitrogens with one attached hydrogen (secondary N) is 2. The molecule has 0 heterocycles. The number of fused-ring (bicyclic) bond motifs is 2. The van der Waals surface area contributed by atoms with Crippen molar-refractivity contribution in [1.82, 2.24) is 10.6 Å². The minimum Gasteiger partial charge on any atom is -0.342 e. The number of nitrogens with zero attached hydrogens (tertiary/aromatic N) is 1. The SMILES string of the molecule is CC(NCC(=O)NCC#N)C1CC2CCC1C2. The number of rotatable bonds is 5. The second-order valence-electron chi connectivity index (χ2n) is 5.44. The average molecular weight is 235 g/mol. The Morgan fingerprint density at radius 2 is 2.29 bits per heavy atom. The van der Waals surface area contributed by atoms with Crippen LogP contribution in [0.15, 0.2) is 0 Å². The second kappa shape index (κ2) is 5.50. The summed E-state index contributed by atoms with van der Waals surface area (Å²) in [6, 6.07) is 2.32. The van der Waals surface area contributed by atoms with Gasteiger partial charge in [-0.1, -0.05) is 6.42 Å². The summed E-state index contributed by atoms with van der Waals surface area (Å²) >= 11 is 0. The third-order valence-electron chi connectivity index (χ3n) is 4.38. The van der Waals surface area contributed by atoms with E-state index in [0.717, 1.165) is 17.8 Å². The maximum absolute atomic E-state index is 11.4. The van der Waals surface area contributed by atoms with Gasteiger partial charge in [0.1, 0.15) is 6.54 Å². The molecule has 4 atom stereocenters. The van der Waals surface area contributed by atoms with E-state index in [9.17, 15) is 4.79 Å². The van der Waals surface area contributed by atoms with Crippen LogP contribution in [-0.2, 0) is 4.79 Å². The minimum absolute atomic E-state index is 0.0819. The summed E-state index contributed by atoms with van der Waals surface area (Å²) in [5.74, 6) is 2.49. The summed E-state index contributed by atoms with van der Waals surface area (Å²) in [7, 11) is 0. The van der Waals surface area contributed by atoms with Gasteiger partial charge < -0.3 is 10.6 Å². The fraction of sp³-hybridized carbons (Fsp3) is 0.846. The summed E-state index contributed by atoms with van der Waals surface area (Å²) in [5, 5.41) is 14.2. The molecule has 1 amide bonds. The van der Waals surface area contributed by atoms with Gasteiger partial charge in [-0.3, -0.25) is 4.79 Å². The van der Waals surface area contributed by atoms with Crippen LogP contribution in [0.1, 0.15) is 32.6 Å². The smallest absolute Gasteiger partial charge is 0.234 e. The second-order valence-corrected chi connectivity index (χ2v) is 5.44. The molecule has 2 fully saturated rings. The summed E-state index contributed by atoms with van der Waals surface area (Å²) in [5.41, 5.74) is 0. The maximum Gasteiger partial charge on any atom is 0.234 e. The van der Waals surface area contributed by atoms with Crippen LogP contribution in [-0.4, -0.2) is 25.0 Å². The predicted octanol–water partition coefficient (Wildman–Crippen LogP) is 1.04. The molecule has 0 aromatic heterocycles. The molecule has 2 N–H and O–H groups in total. The molecule has 4 unspecified atom stereocenters. The van der Waals surface area contributed by atoms with Gasteiger partial charge in [-0.05, 0) is 43.9 Å². The number of amides is 1. The zero-order chi connectivity index (χ0) is 12.3. The van der Waals surface area contributed by atoms with Crippen molar-refractivity contribution in [1.29, 1.82) is 5.26 Å². The molecule has 94 valence electrons. The van der Waals surface area contributed by atoms with E-state index >= 15 is 0 Å². The van der Waals surface area contributed by atoms with Crippen molar-refractivity contribution < 1.29 is 4.79 Å². The van der Waals surface area contributed by atoms with Crippen LogP contribution in [0.25, 0.3) is 0 Å². The Morgan fingerprint density at radius 3 is 2.88 bits per heavy atom. The number of carbonyl (C=O) groups excluding carboxylic acids is 1. The molecule has 0 aromatic carbocycles. The largest absolute Gasteiger partial charge is 0.342 e. The third kappa shape index (κ3) is 2.98. The van der Waals surface area contributed by atoms with Gasteiger partial charge in [-0.15, -0.1) is 0 Å². The molecule has 0 saturated heterocycles. The van der Waals surface area contributed by atoms with Crippen molar-refractivity contribution in [2.24, 2.45) is 17.8 Å². The molecule has 4 nitrogen and oxygen atoms in total. The van der Waals surface area contributed by atoms with Gasteiger partial charge >= 0.3 is 0 Å². The molecule has 4 heteroatoms. The molecule has 2 aliphatic rings. The Labute approximate surface area is 103 Å². The van der Waals surface area contributed by atoms with Crippen molar-refractivity contribution in [3.8, 4) is 6.07 Å². The van der Waals surface area contributed by atoms with E-state index in [2.05, 4.69) is 17.6 Å². The molecule has 0 aromatic rings. The molecule has 2 rings (SSSR count). The van der Waals surface area contributed by atoms with Crippen LogP contribution in [0.3, 0.4) is 0 Å². The Kier molecular flexibility index (Phi) is 4.01. The molecule has 0 radical (unpaired) electrons. The lowest BCUT2D eigenvalue weighted by molar-refractivity contribution is -0.120. The molecule has 0 spiro atoms. The Hall–Kier alpha value is -1.08. The number of hydrogen-bond donors (Lipinski definition) is 2. The molecule has 2 bridgehead atoms. The topological polar surface area (TPSA) is 64.9 Å². The van der Waals surface area contributed by atoms with E-state index in [1.54, 1.807) is 0 Å². The highest BCUT2D eigenvalue weighted by atomic mass is 16.1. The van der Waals surface area contributed by atoms with Crippen LogP contribution >= 0.6 is 0 Å². The number of nitriles is 1. The van der Waals surface area contributed by atoms with E-state index < -0.39 is 0 Å². The van der Waals surface area contributed by atoms with Crippen LogP contribution in [0.4, 0.5) is 0 Å². The fourth-order valence-corrected chi connectivity index (χ4v) is 3.51. The Morgan fingerprint density at radius 1 is 1.47 bits per heavy atom. The van der Waals surface area contributed by atoms with Gasteiger partial charge in [0.2, 0.25) is 5.91 Å². The highest BCUT2D eigenvalue weighted by molar-refractivity contribution is 5.78. The molecule has 2 saturated carbocycles. The molecular formula is C13H21N3O. The first-order valence-electron chi connectivity index (χ1n) is 6.57. The normalized spacial score (nSPS) is 32.1. The number of carbonyl (C=O) groups is 1. The zero-order valence-electron chi connectivity index (χ0n) is 10.4. The van der Waals surface area contributed by atoms with E-state index in [1.165, 1.54) is 25.7 Å². The Bertz CT molecular complexity index is 323. The first kappa shape index (κ1) is 12.4. The first-order valence-corrected chi connectivity index (χ1v) is 6.57. The summed E-state index contributed by atoms with van der Waals surface area (Å²) in [4.78, 5) is 11.4. The standard InChI is InChI=1S/C13H21N3O/c1-9(16-8-13(17)15-5-4-14)12-7-10-2-3-11(12)6-10/h9-12,16H,2-3,5-8H2,1H3,(H,15,17). The van der Waals surface area contributed by atoms with Crippen LogP contribution in [0, 0.1) is 29.1 Å². The van der Waals surface area contributed by atoms with Gasteiger partial charge in [0.15, 0.2) is 0 Å². The average Bonchev–Trinajstić information content (AvgIpc) is 2.95. The lowest BCUT2D eigenvalue weighted by Crippen LogP contribution is -2.42. The van der Waals surface area contributed by atoms with Gasteiger partial charge in [0.05, 0.1) is 12.6 Å². The lowest BCUT2D eigenvalue weighted by atomic mass is 9.84. The van der Waals surface area contributed by atoms with E-state index in [-0.39, 0.29) is 12.5 Å². The molecule has 0 aliphatic heterocycles. The van der Waals surface area contributed by atoms with Crippen LogP contribution in [0.5, 0.6) is 0 Å². The van der Waals surface area contributed by atoms with Gasteiger partial charge in [-0.2, -0.15) is 5.26 Å². The zero-order valence-corrected chi connectivity index (χ0v) is 10.4. The quantitative estimate of drug-likeness (QED) is 0.700. The monoisotopic (exact) mass is 235 g/mol. The molecular weight excluding hydrogens is 214 g/mol. The highest BCUT2D eigenvalue weighted by Gasteiger charge is 2.41. The van der Waals surface area contributed by atoms with Crippen molar-refractivity contribution in [3.63, 3.8) is 0 Å². The Balaban J connectivity index is 1.69. The summed E-state index contributed by atoms with van der Waals surface area (Å²) < 4.78 is 0. The van der Waals surface area contributed by atoms with Crippen molar-refractivity contribution in [3.05, 3.63) is 0 Å². The van der Waals surface area contributed by atoms with Gasteiger partial charge in [0.25, 0.3) is 0 Å². The van der Waals surface area contributed by atoms with E-state index in [0.29, 0.717) is 12.6 Å². The lowest BCUT2D eigenvalue weighted by Gasteiger charge is -2.28. The highest BCUT2D eigenvalue weighted by Crippen LogP contribution is 2.49. The van der Waals surface area contributed by atoms with E-state index in [1.807, 2.05) is 6.07 Å². The van der Waals surface area contributed by atoms with E-state index in [4.69, 9.17) is 5.26 Å². The van der Waals surface area contributed by atoms with Crippen molar-refractivity contribution in [2.75, 3.05) is 13.1 Å². The summed E-state index contributed by atoms with van der Waals surface area (Å²) in [6.45, 7) is 2.61. The van der Waals surface area contributed by atoms with Crippen LogP contribution < -0.4 is 10.6 Å². The predicted molar refractivity (Wildman–Crippen MR) is 65.0 cm³/mol. The first-order chi connectivity index (χ1) is 8.20. The van der Waals surface area contributed by atoms with Crippen molar-refractivity contribution >= 4 is 5.91 Å². The van der Waals surface area contributed by atoms with Crippen molar-refractivity contribution in [2.45, 2.75) is 38.6 Å². The fourth-order valence-electron chi connectivity index (χ4n) is 3.51. The minimum atomic E-state index is -0.0819. The van der Waals surface area contributed by atoms with Gasteiger partial charge in [-0.25, -0.2) is 0 Å². The third-order valence-corrected chi connectivity index (χ3v) is 4.38. The molecule has 17 heavy (non-hydrogen) atoms. The van der Waals surface area contributed by atoms with Gasteiger partial charge in [0, 0.05) is 6.04 Å². The maximum atomic E-state index is 11.4. The summed E-state index contributed by atoms with van der Waals surface area (Å²) in [6.07, 6.45) is 5.52. The molecule has 2 aliphatic carbocycles. The van der Waals surface area contributed by atoms with Crippen LogP contribution in [0.2, 0.25) is 0 Å². The number of hydrogen-bond acceptors (Lipinski definition) is 3.